The van der Waals surface area contributed by atoms with Crippen LogP contribution in [0.4, 0.5) is 17.1 Å². The van der Waals surface area contributed by atoms with Gasteiger partial charge in [0.2, 0.25) is 0 Å². The summed E-state index contributed by atoms with van der Waals surface area (Å²) in [6.45, 7) is 4.96. The predicted molar refractivity (Wildman–Crippen MR) is 186 cm³/mol. The minimum Gasteiger partial charge on any atom is -0.309 e. The van der Waals surface area contributed by atoms with Gasteiger partial charge in [-0.05, 0) is 112 Å². The largest absolute Gasteiger partial charge is 0.309 e. The van der Waals surface area contributed by atoms with Crippen LogP contribution in [0.3, 0.4) is 0 Å². The van der Waals surface area contributed by atoms with Crippen molar-refractivity contribution in [1.82, 2.24) is 0 Å². The maximum Gasteiger partial charge on any atom is 0.0618 e. The molecule has 42 heavy (non-hydrogen) atoms. The van der Waals surface area contributed by atoms with Crippen LogP contribution < -0.4 is 4.90 Å². The fourth-order valence-corrected chi connectivity index (χ4v) is 8.55. The van der Waals surface area contributed by atoms with Crippen LogP contribution in [0.5, 0.6) is 0 Å². The maximum atomic E-state index is 3.65. The molecule has 0 amide bonds. The second-order valence-electron chi connectivity index (χ2n) is 12.7. The highest BCUT2D eigenvalue weighted by Gasteiger charge is 2.52. The summed E-state index contributed by atoms with van der Waals surface area (Å²) in [4.78, 5) is 2.41. The lowest BCUT2D eigenvalue weighted by Gasteiger charge is -2.30. The first-order chi connectivity index (χ1) is 20.3. The Morgan fingerprint density at radius 1 is 0.548 bits per heavy atom. The van der Waals surface area contributed by atoms with Crippen molar-refractivity contribution in [2.24, 2.45) is 0 Å². The van der Waals surface area contributed by atoms with Crippen molar-refractivity contribution in [3.05, 3.63) is 135 Å². The summed E-state index contributed by atoms with van der Waals surface area (Å²) in [6, 6.07) is 42.6. The lowest BCUT2D eigenvalue weighted by atomic mass is 9.77. The Labute approximate surface area is 264 Å². The van der Waals surface area contributed by atoms with E-state index in [2.05, 4.69) is 166 Å². The summed E-state index contributed by atoms with van der Waals surface area (Å²) < 4.78 is 2.14. The van der Waals surface area contributed by atoms with Gasteiger partial charge in [0.25, 0.3) is 0 Å². The van der Waals surface area contributed by atoms with E-state index in [1.165, 1.54) is 57.6 Å². The Morgan fingerprint density at radius 2 is 1.02 bits per heavy atom. The number of hydrogen-bond acceptors (Lipinski definition) is 1. The van der Waals surface area contributed by atoms with Crippen LogP contribution in [0.1, 0.15) is 44.2 Å². The van der Waals surface area contributed by atoms with E-state index >= 15 is 0 Å². The molecule has 0 N–H and O–H groups in total. The van der Waals surface area contributed by atoms with Crippen molar-refractivity contribution < 1.29 is 0 Å². The first-order valence-electron chi connectivity index (χ1n) is 14.7. The molecule has 0 heterocycles. The van der Waals surface area contributed by atoms with E-state index in [4.69, 9.17) is 0 Å². The van der Waals surface area contributed by atoms with Crippen LogP contribution in [0.15, 0.2) is 124 Å². The molecule has 206 valence electrons. The summed E-state index contributed by atoms with van der Waals surface area (Å²) in [7, 11) is 0. The van der Waals surface area contributed by atoms with Gasteiger partial charge >= 0.3 is 0 Å². The van der Waals surface area contributed by atoms with Gasteiger partial charge in [-0.3, -0.25) is 0 Å². The third kappa shape index (κ3) is 3.93. The first kappa shape index (κ1) is 26.2. The van der Waals surface area contributed by atoms with Crippen molar-refractivity contribution in [2.75, 3.05) is 4.90 Å². The molecule has 6 aromatic carbocycles. The summed E-state index contributed by atoms with van der Waals surface area (Å²) in [5.74, 6) is 0. The zero-order valence-corrected chi connectivity index (χ0v) is 27.0. The van der Waals surface area contributed by atoms with Crippen molar-refractivity contribution in [1.29, 1.82) is 0 Å². The number of anilines is 3. The van der Waals surface area contributed by atoms with Gasteiger partial charge in [0.1, 0.15) is 0 Å². The Hall–Kier alpha value is -3.40. The zero-order chi connectivity index (χ0) is 28.6. The molecule has 0 aromatic heterocycles. The van der Waals surface area contributed by atoms with Crippen molar-refractivity contribution in [3.63, 3.8) is 0 Å². The maximum absolute atomic E-state index is 3.65. The topological polar surface area (TPSA) is 3.24 Å². The Bertz CT molecular complexity index is 1910. The van der Waals surface area contributed by atoms with Crippen LogP contribution in [-0.2, 0) is 10.8 Å². The van der Waals surface area contributed by atoms with Crippen LogP contribution in [0.2, 0.25) is 0 Å². The minimum atomic E-state index is 0.283. The van der Waals surface area contributed by atoms with Crippen LogP contribution in [0, 0.1) is 0 Å². The SMILES string of the molecule is CC12CCC(C)(C1)c1cc(-c3c4ccccc4c(N(c4ccc(Br)cc4)c4ccc(Br)cc4)c4ccccc34)ccc12. The van der Waals surface area contributed by atoms with Crippen molar-refractivity contribution >= 4 is 70.5 Å². The molecule has 2 aliphatic rings. The fourth-order valence-electron chi connectivity index (χ4n) is 8.02. The minimum absolute atomic E-state index is 0.283. The number of rotatable bonds is 4. The molecule has 0 aliphatic heterocycles. The lowest BCUT2D eigenvalue weighted by Crippen LogP contribution is -2.17. The quantitative estimate of drug-likeness (QED) is 0.168. The molecule has 6 aromatic rings. The molecule has 1 fully saturated rings. The van der Waals surface area contributed by atoms with E-state index in [0.29, 0.717) is 5.41 Å². The molecule has 1 saturated carbocycles. The standard InChI is InChI=1S/C39H31Br2N/c1-38-21-22-39(2,24-38)35-23-25(11-20-34(35)38)36-30-7-3-5-9-32(30)37(33-10-6-4-8-31(33)36)42(28-16-12-26(40)13-17-28)29-18-14-27(41)15-19-29/h3-20,23H,21-22,24H2,1-2H3. The Kier molecular flexibility index (Phi) is 5.97. The van der Waals surface area contributed by atoms with Gasteiger partial charge in [0.05, 0.1) is 5.69 Å². The average molecular weight is 673 g/mol. The molecular formula is C39H31Br2N. The molecule has 1 nitrogen and oxygen atoms in total. The number of nitrogens with zero attached hydrogens (tertiary/aromatic N) is 1. The van der Waals surface area contributed by atoms with Crippen LogP contribution >= 0.6 is 31.9 Å². The highest BCUT2D eigenvalue weighted by molar-refractivity contribution is 9.10. The number of halogens is 2. The van der Waals surface area contributed by atoms with Gasteiger partial charge < -0.3 is 4.90 Å². The molecule has 0 radical (unpaired) electrons. The van der Waals surface area contributed by atoms with E-state index in [9.17, 15) is 0 Å². The highest BCUT2D eigenvalue weighted by Crippen LogP contribution is 2.61. The van der Waals surface area contributed by atoms with Gasteiger partial charge in [-0.2, -0.15) is 0 Å². The molecule has 2 atom stereocenters. The third-order valence-corrected chi connectivity index (χ3v) is 11.0. The second kappa shape index (κ2) is 9.56. The molecule has 3 heteroatoms. The van der Waals surface area contributed by atoms with Crippen LogP contribution in [-0.4, -0.2) is 0 Å². The van der Waals surface area contributed by atoms with Gasteiger partial charge in [0, 0.05) is 31.1 Å². The van der Waals surface area contributed by atoms with E-state index in [1.807, 2.05) is 0 Å². The summed E-state index contributed by atoms with van der Waals surface area (Å²) in [6.07, 6.45) is 3.86. The molecule has 2 unspecified atom stereocenters. The average Bonchev–Trinajstić information content (AvgIpc) is 3.45. The van der Waals surface area contributed by atoms with E-state index < -0.39 is 0 Å². The Morgan fingerprint density at radius 3 is 1.55 bits per heavy atom. The molecule has 0 saturated heterocycles. The molecule has 0 spiro atoms. The molecule has 2 aliphatic carbocycles. The van der Waals surface area contributed by atoms with Crippen LogP contribution in [0.25, 0.3) is 32.7 Å². The van der Waals surface area contributed by atoms with Gasteiger partial charge in [-0.25, -0.2) is 0 Å². The van der Waals surface area contributed by atoms with E-state index in [0.717, 1.165) is 20.3 Å². The zero-order valence-electron chi connectivity index (χ0n) is 23.8. The lowest BCUT2D eigenvalue weighted by molar-refractivity contribution is 0.484. The predicted octanol–water partition coefficient (Wildman–Crippen LogP) is 12.4. The third-order valence-electron chi connectivity index (χ3n) is 9.91. The normalized spacial score (nSPS) is 20.8. The van der Waals surface area contributed by atoms with Gasteiger partial charge in [-0.15, -0.1) is 0 Å². The first-order valence-corrected chi connectivity index (χ1v) is 16.3. The number of fused-ring (bicyclic) bond motifs is 7. The molecule has 8 rings (SSSR count). The van der Waals surface area contributed by atoms with Gasteiger partial charge in [0.15, 0.2) is 0 Å². The Balaban J connectivity index is 1.44. The highest BCUT2D eigenvalue weighted by atomic mass is 79.9. The van der Waals surface area contributed by atoms with E-state index in [1.54, 1.807) is 11.1 Å². The summed E-state index contributed by atoms with van der Waals surface area (Å²) in [5.41, 5.74) is 9.85. The number of hydrogen-bond donors (Lipinski definition) is 0. The molecule has 2 bridgehead atoms. The summed E-state index contributed by atoms with van der Waals surface area (Å²) in [5, 5.41) is 5.06. The van der Waals surface area contributed by atoms with Crippen molar-refractivity contribution in [3.8, 4) is 11.1 Å². The van der Waals surface area contributed by atoms with Crippen molar-refractivity contribution in [2.45, 2.75) is 43.9 Å². The monoisotopic (exact) mass is 671 g/mol. The van der Waals surface area contributed by atoms with Gasteiger partial charge in [-0.1, -0.05) is 112 Å². The number of benzene rings is 6. The second-order valence-corrected chi connectivity index (χ2v) is 14.5. The summed E-state index contributed by atoms with van der Waals surface area (Å²) >= 11 is 7.29. The smallest absolute Gasteiger partial charge is 0.0618 e. The fraction of sp³-hybridized carbons (Fsp3) is 0.179. The molecular weight excluding hydrogens is 642 g/mol. The van der Waals surface area contributed by atoms with E-state index in [-0.39, 0.29) is 5.41 Å².